The second-order valence-electron chi connectivity index (χ2n) is 7.22. The van der Waals surface area contributed by atoms with E-state index in [2.05, 4.69) is 10.2 Å². The molecule has 2 aromatic rings. The highest BCUT2D eigenvalue weighted by molar-refractivity contribution is 5.79. The highest BCUT2D eigenvalue weighted by Gasteiger charge is 2.30. The van der Waals surface area contributed by atoms with Crippen LogP contribution in [0.15, 0.2) is 36.4 Å². The van der Waals surface area contributed by atoms with Crippen molar-refractivity contribution in [1.29, 1.82) is 0 Å². The molecule has 3 rings (SSSR count). The average molecular weight is 369 g/mol. The van der Waals surface area contributed by atoms with Crippen LogP contribution in [0.4, 0.5) is 0 Å². The summed E-state index contributed by atoms with van der Waals surface area (Å²) in [7, 11) is 1.84. The van der Waals surface area contributed by atoms with Gasteiger partial charge in [0.1, 0.15) is 0 Å². The zero-order valence-corrected chi connectivity index (χ0v) is 15.9. The van der Waals surface area contributed by atoms with Gasteiger partial charge in [-0.3, -0.25) is 19.6 Å². The topological polar surface area (TPSA) is 95.3 Å². The number of aromatic nitrogens is 2. The Labute approximate surface area is 159 Å². The molecule has 0 saturated carbocycles. The number of nitrogens with one attached hydrogen (secondary N) is 1. The van der Waals surface area contributed by atoms with Gasteiger partial charge in [-0.25, -0.2) is 0 Å². The second kappa shape index (κ2) is 8.35. The Hall–Kier alpha value is -2.67. The number of likely N-dealkylation sites (tertiary alicyclic amines) is 1. The van der Waals surface area contributed by atoms with Crippen molar-refractivity contribution in [3.8, 4) is 11.3 Å². The molecule has 27 heavy (non-hydrogen) atoms. The molecule has 7 heteroatoms. The van der Waals surface area contributed by atoms with E-state index in [0.29, 0.717) is 0 Å². The number of nitrogens with two attached hydrogens (primary N) is 1. The van der Waals surface area contributed by atoms with Gasteiger partial charge in [0, 0.05) is 18.5 Å². The molecule has 1 saturated heterocycles. The largest absolute Gasteiger partial charge is 0.369 e. The van der Waals surface area contributed by atoms with Crippen molar-refractivity contribution in [2.45, 2.75) is 25.8 Å². The van der Waals surface area contributed by atoms with Crippen LogP contribution in [0, 0.1) is 5.92 Å². The molecule has 0 radical (unpaired) electrons. The third kappa shape index (κ3) is 4.54. The van der Waals surface area contributed by atoms with E-state index in [1.54, 1.807) is 4.90 Å². The molecule has 1 unspecified atom stereocenters. The molecule has 1 atom stereocenters. The van der Waals surface area contributed by atoms with E-state index < -0.39 is 0 Å². The lowest BCUT2D eigenvalue weighted by atomic mass is 9.94. The van der Waals surface area contributed by atoms with Gasteiger partial charge in [-0.2, -0.15) is 5.10 Å². The zero-order valence-electron chi connectivity index (χ0n) is 15.9. The lowest BCUT2D eigenvalue weighted by Gasteiger charge is -2.34. The first kappa shape index (κ1) is 19.1. The summed E-state index contributed by atoms with van der Waals surface area (Å²) in [5.41, 5.74) is 8.08. The van der Waals surface area contributed by atoms with E-state index in [9.17, 15) is 9.59 Å². The zero-order chi connectivity index (χ0) is 19.4. The van der Waals surface area contributed by atoms with Crippen molar-refractivity contribution >= 4 is 11.8 Å². The van der Waals surface area contributed by atoms with Crippen LogP contribution in [0.1, 0.15) is 31.5 Å². The molecule has 1 aromatic heterocycles. The van der Waals surface area contributed by atoms with Gasteiger partial charge >= 0.3 is 0 Å². The van der Waals surface area contributed by atoms with Crippen molar-refractivity contribution in [3.05, 3.63) is 42.1 Å². The first-order valence-electron chi connectivity index (χ1n) is 9.33. The van der Waals surface area contributed by atoms with Gasteiger partial charge in [0.2, 0.25) is 11.8 Å². The molecule has 0 spiro atoms. The molecule has 144 valence electrons. The number of H-pyrrole nitrogens is 1. The summed E-state index contributed by atoms with van der Waals surface area (Å²) in [4.78, 5) is 27.7. The number of hydrogen-bond acceptors (Lipinski definition) is 4. The molecule has 2 heterocycles. The Morgan fingerprint density at radius 3 is 2.59 bits per heavy atom. The maximum atomic E-state index is 12.9. The SMILES string of the molecule is CC(c1cc(-c2ccccc2)n[nH]1)N(C)C(=O)C1CCN(CC(N)=O)CC1. The van der Waals surface area contributed by atoms with Crippen LogP contribution >= 0.6 is 0 Å². The number of primary amides is 1. The number of amides is 2. The standard InChI is InChI=1S/C20H27N5O2/c1-14(17-12-18(23-22-17)15-6-4-3-5-7-15)24(2)20(27)16-8-10-25(11-9-16)13-19(21)26/h3-7,12,14,16H,8-11,13H2,1-2H3,(H2,21,26)(H,22,23). The van der Waals surface area contributed by atoms with Gasteiger partial charge in [-0.1, -0.05) is 30.3 Å². The Morgan fingerprint density at radius 2 is 1.96 bits per heavy atom. The number of hydrogen-bond donors (Lipinski definition) is 2. The van der Waals surface area contributed by atoms with Gasteiger partial charge in [0.15, 0.2) is 0 Å². The molecule has 2 amide bonds. The Bertz CT molecular complexity index is 781. The van der Waals surface area contributed by atoms with Crippen molar-refractivity contribution in [2.24, 2.45) is 11.7 Å². The van der Waals surface area contributed by atoms with Crippen LogP contribution in [0.5, 0.6) is 0 Å². The van der Waals surface area contributed by atoms with Gasteiger partial charge in [-0.05, 0) is 38.9 Å². The summed E-state index contributed by atoms with van der Waals surface area (Å²) in [6.07, 6.45) is 1.50. The predicted octanol–water partition coefficient (Wildman–Crippen LogP) is 1.79. The van der Waals surface area contributed by atoms with E-state index in [1.165, 1.54) is 0 Å². The second-order valence-corrected chi connectivity index (χ2v) is 7.22. The van der Waals surface area contributed by atoms with Crippen LogP contribution in [-0.2, 0) is 9.59 Å². The predicted molar refractivity (Wildman–Crippen MR) is 104 cm³/mol. The highest BCUT2D eigenvalue weighted by atomic mass is 16.2. The monoisotopic (exact) mass is 369 g/mol. The fourth-order valence-corrected chi connectivity index (χ4v) is 3.55. The van der Waals surface area contributed by atoms with E-state index in [-0.39, 0.29) is 30.3 Å². The number of nitrogens with zero attached hydrogens (tertiary/aromatic N) is 3. The number of aromatic amines is 1. The van der Waals surface area contributed by atoms with E-state index in [0.717, 1.165) is 42.9 Å². The van der Waals surface area contributed by atoms with Gasteiger partial charge in [0.05, 0.1) is 24.0 Å². The van der Waals surface area contributed by atoms with Crippen LogP contribution < -0.4 is 5.73 Å². The van der Waals surface area contributed by atoms with Crippen molar-refractivity contribution in [1.82, 2.24) is 20.0 Å². The Morgan fingerprint density at radius 1 is 1.30 bits per heavy atom. The fourth-order valence-electron chi connectivity index (χ4n) is 3.55. The van der Waals surface area contributed by atoms with Crippen LogP contribution in [0.3, 0.4) is 0 Å². The van der Waals surface area contributed by atoms with E-state index >= 15 is 0 Å². The van der Waals surface area contributed by atoms with Crippen molar-refractivity contribution in [3.63, 3.8) is 0 Å². The number of carbonyl (C=O) groups is 2. The molecule has 3 N–H and O–H groups in total. The average Bonchev–Trinajstić information content (AvgIpc) is 3.17. The Kier molecular flexibility index (Phi) is 5.91. The first-order chi connectivity index (χ1) is 13.0. The summed E-state index contributed by atoms with van der Waals surface area (Å²) in [5.74, 6) is -0.200. The molecule has 1 aliphatic heterocycles. The number of carbonyl (C=O) groups excluding carboxylic acids is 2. The normalized spacial score (nSPS) is 16.8. The summed E-state index contributed by atoms with van der Waals surface area (Å²) < 4.78 is 0. The molecule has 1 aliphatic rings. The summed E-state index contributed by atoms with van der Waals surface area (Å²) in [6.45, 7) is 3.72. The maximum absolute atomic E-state index is 12.9. The van der Waals surface area contributed by atoms with Gasteiger partial charge in [-0.15, -0.1) is 0 Å². The smallest absolute Gasteiger partial charge is 0.231 e. The fraction of sp³-hybridized carbons (Fsp3) is 0.450. The minimum Gasteiger partial charge on any atom is -0.369 e. The maximum Gasteiger partial charge on any atom is 0.231 e. The van der Waals surface area contributed by atoms with Crippen LogP contribution in [-0.4, -0.2) is 58.5 Å². The van der Waals surface area contributed by atoms with Crippen LogP contribution in [0.2, 0.25) is 0 Å². The molecule has 0 aliphatic carbocycles. The Balaban J connectivity index is 1.60. The molecular formula is C20H27N5O2. The number of benzene rings is 1. The molecule has 0 bridgehead atoms. The lowest BCUT2D eigenvalue weighted by Crippen LogP contribution is -2.44. The number of rotatable bonds is 6. The first-order valence-corrected chi connectivity index (χ1v) is 9.33. The third-order valence-corrected chi connectivity index (χ3v) is 5.36. The quantitative estimate of drug-likeness (QED) is 0.811. The molecule has 7 nitrogen and oxygen atoms in total. The van der Waals surface area contributed by atoms with Gasteiger partial charge in [0.25, 0.3) is 0 Å². The minimum atomic E-state index is -0.320. The van der Waals surface area contributed by atoms with E-state index in [4.69, 9.17) is 5.73 Å². The third-order valence-electron chi connectivity index (χ3n) is 5.36. The molecular weight excluding hydrogens is 342 g/mol. The number of piperidine rings is 1. The van der Waals surface area contributed by atoms with Gasteiger partial charge < -0.3 is 10.6 Å². The highest BCUT2D eigenvalue weighted by Crippen LogP contribution is 2.26. The van der Waals surface area contributed by atoms with Crippen molar-refractivity contribution in [2.75, 3.05) is 26.7 Å². The van der Waals surface area contributed by atoms with Crippen LogP contribution in [0.25, 0.3) is 11.3 Å². The van der Waals surface area contributed by atoms with E-state index in [1.807, 2.05) is 55.3 Å². The molecule has 1 fully saturated rings. The summed E-state index contributed by atoms with van der Waals surface area (Å²) >= 11 is 0. The lowest BCUT2D eigenvalue weighted by molar-refractivity contribution is -0.137. The summed E-state index contributed by atoms with van der Waals surface area (Å²) in [6, 6.07) is 11.9. The molecule has 1 aromatic carbocycles. The minimum absolute atomic E-state index is 0.0157. The summed E-state index contributed by atoms with van der Waals surface area (Å²) in [5, 5.41) is 7.45. The van der Waals surface area contributed by atoms with Crippen molar-refractivity contribution < 1.29 is 9.59 Å².